The van der Waals surface area contributed by atoms with Crippen LogP contribution in [0.15, 0.2) is 11.5 Å². The lowest BCUT2D eigenvalue weighted by Gasteiger charge is -1.94. The lowest BCUT2D eigenvalue weighted by atomic mass is 10.5. The fourth-order valence-electron chi connectivity index (χ4n) is 0.711. The molecule has 2 aliphatic heterocycles. The van der Waals surface area contributed by atoms with E-state index in [0.29, 0.717) is 24.7 Å². The van der Waals surface area contributed by atoms with Gasteiger partial charge in [0.15, 0.2) is 5.76 Å². The quantitative estimate of drug-likeness (QED) is 0.432. The van der Waals surface area contributed by atoms with Gasteiger partial charge in [0.2, 0.25) is 5.76 Å². The van der Waals surface area contributed by atoms with Crippen molar-refractivity contribution in [2.75, 3.05) is 13.2 Å². The summed E-state index contributed by atoms with van der Waals surface area (Å²) in [5.41, 5.74) is 0. The predicted octanol–water partition coefficient (Wildman–Crippen LogP) is 0.190. The van der Waals surface area contributed by atoms with Crippen molar-refractivity contribution in [3.63, 3.8) is 0 Å². The zero-order chi connectivity index (χ0) is 7.84. The molecule has 0 radical (unpaired) electrons. The number of carbonyl (C=O) groups is 1. The van der Waals surface area contributed by atoms with Gasteiger partial charge >= 0.3 is 5.97 Å². The van der Waals surface area contributed by atoms with E-state index in [-0.39, 0.29) is 12.1 Å². The first-order valence-corrected chi connectivity index (χ1v) is 3.45. The highest BCUT2D eigenvalue weighted by molar-refractivity contribution is 5.90. The molecule has 2 heterocycles. The minimum absolute atomic E-state index is 0.124. The van der Waals surface area contributed by atoms with Crippen molar-refractivity contribution in [2.24, 2.45) is 0 Å². The predicted molar refractivity (Wildman–Crippen MR) is 34.5 cm³/mol. The molecule has 4 nitrogen and oxygen atoms in total. The molecular formula is C7H8O4. The molecule has 1 atom stereocenters. The summed E-state index contributed by atoms with van der Waals surface area (Å²) >= 11 is 0. The van der Waals surface area contributed by atoms with E-state index in [1.165, 1.54) is 0 Å². The lowest BCUT2D eigenvalue weighted by molar-refractivity contribution is -0.140. The molecule has 2 rings (SSSR count). The summed E-state index contributed by atoms with van der Waals surface area (Å²) in [5, 5.41) is 0. The Bertz CT molecular complexity index is 227. The number of carbonyl (C=O) groups excluding carboxylic acids is 1. The van der Waals surface area contributed by atoms with Crippen LogP contribution in [0.5, 0.6) is 0 Å². The summed E-state index contributed by atoms with van der Waals surface area (Å²) in [4.78, 5) is 10.9. The fourth-order valence-corrected chi connectivity index (χ4v) is 0.711. The summed E-state index contributed by atoms with van der Waals surface area (Å²) in [6, 6.07) is 0. The van der Waals surface area contributed by atoms with Crippen LogP contribution < -0.4 is 0 Å². The fraction of sp³-hybridized carbons (Fsp3) is 0.571. The Morgan fingerprint density at radius 2 is 2.45 bits per heavy atom. The van der Waals surface area contributed by atoms with Crippen LogP contribution in [0.25, 0.3) is 0 Å². The number of hydrogen-bond donors (Lipinski definition) is 0. The summed E-state index contributed by atoms with van der Waals surface area (Å²) in [5.74, 6) is 0.635. The van der Waals surface area contributed by atoms with Crippen LogP contribution in [0.1, 0.15) is 6.92 Å². The van der Waals surface area contributed by atoms with Gasteiger partial charge in [-0.05, 0) is 6.92 Å². The Balaban J connectivity index is 1.73. The highest BCUT2D eigenvalue weighted by atomic mass is 16.6. The van der Waals surface area contributed by atoms with Crippen LogP contribution in [0.2, 0.25) is 0 Å². The molecule has 0 aromatic heterocycles. The largest absolute Gasteiger partial charge is 0.457 e. The number of rotatable bonds is 3. The third-order valence-electron chi connectivity index (χ3n) is 1.52. The van der Waals surface area contributed by atoms with Crippen molar-refractivity contribution in [3.8, 4) is 0 Å². The molecule has 0 aromatic rings. The molecule has 2 aliphatic rings. The van der Waals surface area contributed by atoms with Gasteiger partial charge in [-0.2, -0.15) is 0 Å². The number of esters is 1. The minimum Gasteiger partial charge on any atom is -0.457 e. The first kappa shape index (κ1) is 6.67. The van der Waals surface area contributed by atoms with Crippen LogP contribution in [-0.4, -0.2) is 25.3 Å². The molecule has 11 heavy (non-hydrogen) atoms. The molecule has 1 saturated heterocycles. The smallest absolute Gasteiger partial charge is 0.377 e. The molecule has 0 aromatic carbocycles. The van der Waals surface area contributed by atoms with Crippen LogP contribution >= 0.6 is 0 Å². The summed E-state index contributed by atoms with van der Waals surface area (Å²) in [6.07, 6.45) is 0.124. The lowest BCUT2D eigenvalue weighted by Crippen LogP contribution is -2.08. The topological polar surface area (TPSA) is 51.4 Å². The Labute approximate surface area is 63.7 Å². The second kappa shape index (κ2) is 2.23. The maximum absolute atomic E-state index is 10.9. The maximum Gasteiger partial charge on any atom is 0.377 e. The molecule has 0 bridgehead atoms. The van der Waals surface area contributed by atoms with Crippen molar-refractivity contribution in [3.05, 3.63) is 11.5 Å². The molecule has 0 amide bonds. The molecular weight excluding hydrogens is 148 g/mol. The zero-order valence-corrected chi connectivity index (χ0v) is 6.12. The van der Waals surface area contributed by atoms with Gasteiger partial charge < -0.3 is 14.2 Å². The average Bonchev–Trinajstić information content (AvgIpc) is 2.78. The molecule has 0 aliphatic carbocycles. The van der Waals surface area contributed by atoms with Gasteiger partial charge in [0.05, 0.1) is 6.61 Å². The highest BCUT2D eigenvalue weighted by Crippen LogP contribution is 2.26. The summed E-state index contributed by atoms with van der Waals surface area (Å²) < 4.78 is 14.4. The summed E-state index contributed by atoms with van der Waals surface area (Å²) in [7, 11) is 0. The van der Waals surface area contributed by atoms with E-state index in [1.54, 1.807) is 6.92 Å². The van der Waals surface area contributed by atoms with Crippen LogP contribution in [-0.2, 0) is 19.0 Å². The third kappa shape index (κ3) is 1.51. The number of allylic oxidation sites excluding steroid dienone is 1. The normalized spacial score (nSPS) is 26.1. The molecule has 0 N–H and O–H groups in total. The second-order valence-electron chi connectivity index (χ2n) is 2.54. The van der Waals surface area contributed by atoms with Gasteiger partial charge in [-0.1, -0.05) is 0 Å². The third-order valence-corrected chi connectivity index (χ3v) is 1.52. The molecule has 1 unspecified atom stereocenters. The van der Waals surface area contributed by atoms with Crippen LogP contribution in [0.3, 0.4) is 0 Å². The van der Waals surface area contributed by atoms with Gasteiger partial charge in [0.1, 0.15) is 12.7 Å². The molecule has 0 spiro atoms. The van der Waals surface area contributed by atoms with E-state index in [1.807, 2.05) is 0 Å². The molecule has 0 saturated carbocycles. The first-order valence-electron chi connectivity index (χ1n) is 3.45. The SMILES string of the molecule is CC1=C(C(=O)OCC2CO2)O1. The first-order chi connectivity index (χ1) is 5.27. The van der Waals surface area contributed by atoms with Crippen molar-refractivity contribution in [1.29, 1.82) is 0 Å². The molecule has 4 heteroatoms. The second-order valence-corrected chi connectivity index (χ2v) is 2.54. The van der Waals surface area contributed by atoms with Gasteiger partial charge in [-0.15, -0.1) is 0 Å². The van der Waals surface area contributed by atoms with Crippen molar-refractivity contribution in [1.82, 2.24) is 0 Å². The van der Waals surface area contributed by atoms with E-state index < -0.39 is 0 Å². The van der Waals surface area contributed by atoms with Gasteiger partial charge in [-0.3, -0.25) is 0 Å². The Hall–Kier alpha value is -1.03. The van der Waals surface area contributed by atoms with Gasteiger partial charge in [0, 0.05) is 0 Å². The number of hydrogen-bond acceptors (Lipinski definition) is 4. The average molecular weight is 156 g/mol. The van der Waals surface area contributed by atoms with E-state index in [4.69, 9.17) is 14.2 Å². The Morgan fingerprint density at radius 1 is 1.82 bits per heavy atom. The Kier molecular flexibility index (Phi) is 1.35. The van der Waals surface area contributed by atoms with E-state index >= 15 is 0 Å². The Morgan fingerprint density at radius 3 is 2.91 bits per heavy atom. The van der Waals surface area contributed by atoms with E-state index in [2.05, 4.69) is 0 Å². The monoisotopic (exact) mass is 156 g/mol. The standard InChI is InChI=1S/C7H8O4/c1-4-6(11-4)7(8)10-3-5-2-9-5/h5H,2-3H2,1H3. The minimum atomic E-state index is -0.377. The van der Waals surface area contributed by atoms with E-state index in [0.717, 1.165) is 0 Å². The molecule has 60 valence electrons. The zero-order valence-electron chi connectivity index (χ0n) is 6.12. The van der Waals surface area contributed by atoms with Gasteiger partial charge in [-0.25, -0.2) is 4.79 Å². The van der Waals surface area contributed by atoms with Gasteiger partial charge in [0.25, 0.3) is 0 Å². The van der Waals surface area contributed by atoms with Crippen molar-refractivity contribution in [2.45, 2.75) is 13.0 Å². The van der Waals surface area contributed by atoms with Crippen LogP contribution in [0.4, 0.5) is 0 Å². The van der Waals surface area contributed by atoms with E-state index in [9.17, 15) is 4.79 Å². The molecule has 1 fully saturated rings. The summed E-state index contributed by atoms with van der Waals surface area (Å²) in [6.45, 7) is 2.77. The van der Waals surface area contributed by atoms with Crippen LogP contribution in [0, 0.1) is 0 Å². The van der Waals surface area contributed by atoms with Crippen molar-refractivity contribution >= 4 is 5.97 Å². The van der Waals surface area contributed by atoms with Crippen molar-refractivity contribution < 1.29 is 19.0 Å². The number of ether oxygens (including phenoxy) is 3. The number of epoxide rings is 1. The highest BCUT2D eigenvalue weighted by Gasteiger charge is 2.32. The maximum atomic E-state index is 10.9.